The highest BCUT2D eigenvalue weighted by Gasteiger charge is 2.18. The maximum Gasteiger partial charge on any atom is 0.341 e. The quantitative estimate of drug-likeness (QED) is 0.673. The molecule has 5 heteroatoms. The number of benzene rings is 2. The molecule has 0 amide bonds. The molecule has 3 aromatic rings. The van der Waals surface area contributed by atoms with Crippen molar-refractivity contribution in [1.82, 2.24) is 4.98 Å². The van der Waals surface area contributed by atoms with E-state index >= 15 is 0 Å². The third kappa shape index (κ3) is 2.38. The SMILES string of the molecule is COC(=O)c1cc(F)cc2nc(-c3ccc(C)cc3)oc12. The molecule has 0 saturated carbocycles. The van der Waals surface area contributed by atoms with Crippen molar-refractivity contribution in [2.75, 3.05) is 7.11 Å². The topological polar surface area (TPSA) is 52.3 Å². The molecule has 1 aromatic heterocycles. The van der Waals surface area contributed by atoms with Crippen molar-refractivity contribution in [3.8, 4) is 11.5 Å². The van der Waals surface area contributed by atoms with Crippen molar-refractivity contribution in [3.63, 3.8) is 0 Å². The molecule has 0 spiro atoms. The van der Waals surface area contributed by atoms with Gasteiger partial charge in [0.2, 0.25) is 5.89 Å². The zero-order chi connectivity index (χ0) is 15.0. The van der Waals surface area contributed by atoms with E-state index in [0.717, 1.165) is 17.2 Å². The van der Waals surface area contributed by atoms with Gasteiger partial charge in [-0.25, -0.2) is 14.2 Å². The summed E-state index contributed by atoms with van der Waals surface area (Å²) in [4.78, 5) is 15.9. The second-order valence-electron chi connectivity index (χ2n) is 4.68. The summed E-state index contributed by atoms with van der Waals surface area (Å²) in [6.45, 7) is 1.97. The van der Waals surface area contributed by atoms with Crippen LogP contribution >= 0.6 is 0 Å². The molecule has 0 aliphatic heterocycles. The number of hydrogen-bond donors (Lipinski definition) is 0. The largest absolute Gasteiger partial charge is 0.465 e. The lowest BCUT2D eigenvalue weighted by atomic mass is 10.1. The number of aryl methyl sites for hydroxylation is 1. The van der Waals surface area contributed by atoms with E-state index in [1.165, 1.54) is 13.2 Å². The highest BCUT2D eigenvalue weighted by atomic mass is 19.1. The first kappa shape index (κ1) is 13.3. The van der Waals surface area contributed by atoms with Gasteiger partial charge in [0, 0.05) is 11.6 Å². The second kappa shape index (κ2) is 5.01. The van der Waals surface area contributed by atoms with Gasteiger partial charge in [-0.3, -0.25) is 0 Å². The summed E-state index contributed by atoms with van der Waals surface area (Å²) >= 11 is 0. The van der Waals surface area contributed by atoms with Gasteiger partial charge < -0.3 is 9.15 Å². The van der Waals surface area contributed by atoms with Gasteiger partial charge in [-0.15, -0.1) is 0 Å². The Morgan fingerprint density at radius 1 is 1.24 bits per heavy atom. The van der Waals surface area contributed by atoms with Crippen molar-refractivity contribution in [2.24, 2.45) is 0 Å². The van der Waals surface area contributed by atoms with E-state index in [2.05, 4.69) is 9.72 Å². The fourth-order valence-electron chi connectivity index (χ4n) is 2.08. The fraction of sp³-hybridized carbons (Fsp3) is 0.125. The van der Waals surface area contributed by atoms with Crippen LogP contribution in [0, 0.1) is 12.7 Å². The Balaban J connectivity index is 2.19. The van der Waals surface area contributed by atoms with E-state index in [1.807, 2.05) is 31.2 Å². The molecule has 0 aliphatic rings. The first-order valence-corrected chi connectivity index (χ1v) is 6.34. The average Bonchev–Trinajstić information content (AvgIpc) is 2.89. The van der Waals surface area contributed by atoms with E-state index in [4.69, 9.17) is 4.42 Å². The number of hydrogen-bond acceptors (Lipinski definition) is 4. The molecule has 21 heavy (non-hydrogen) atoms. The van der Waals surface area contributed by atoms with Crippen LogP contribution in [0.5, 0.6) is 0 Å². The molecule has 0 N–H and O–H groups in total. The Labute approximate surface area is 120 Å². The Morgan fingerprint density at radius 2 is 1.95 bits per heavy atom. The van der Waals surface area contributed by atoms with E-state index < -0.39 is 11.8 Å². The third-order valence-electron chi connectivity index (χ3n) is 3.16. The predicted molar refractivity (Wildman–Crippen MR) is 75.5 cm³/mol. The molecule has 4 nitrogen and oxygen atoms in total. The monoisotopic (exact) mass is 285 g/mol. The van der Waals surface area contributed by atoms with Gasteiger partial charge in [0.05, 0.1) is 7.11 Å². The lowest BCUT2D eigenvalue weighted by Crippen LogP contribution is -2.02. The van der Waals surface area contributed by atoms with Gasteiger partial charge in [-0.05, 0) is 25.1 Å². The Kier molecular flexibility index (Phi) is 3.17. The van der Waals surface area contributed by atoms with Gasteiger partial charge in [0.25, 0.3) is 0 Å². The van der Waals surface area contributed by atoms with Gasteiger partial charge in [0.15, 0.2) is 5.58 Å². The normalized spacial score (nSPS) is 10.8. The summed E-state index contributed by atoms with van der Waals surface area (Å²) in [5.74, 6) is -0.890. The van der Waals surface area contributed by atoms with Crippen LogP contribution in [-0.2, 0) is 4.74 Å². The summed E-state index contributed by atoms with van der Waals surface area (Å²) in [6, 6.07) is 9.86. The zero-order valence-corrected chi connectivity index (χ0v) is 11.5. The first-order chi connectivity index (χ1) is 10.1. The van der Waals surface area contributed by atoms with Gasteiger partial charge in [-0.1, -0.05) is 17.7 Å². The summed E-state index contributed by atoms with van der Waals surface area (Å²) in [5, 5.41) is 0. The number of halogens is 1. The van der Waals surface area contributed by atoms with Crippen LogP contribution < -0.4 is 0 Å². The van der Waals surface area contributed by atoms with Crippen LogP contribution in [0.2, 0.25) is 0 Å². The Bertz CT molecular complexity index is 821. The fourth-order valence-corrected chi connectivity index (χ4v) is 2.08. The number of methoxy groups -OCH3 is 1. The molecule has 3 rings (SSSR count). The molecule has 2 aromatic carbocycles. The third-order valence-corrected chi connectivity index (χ3v) is 3.16. The zero-order valence-electron chi connectivity index (χ0n) is 11.5. The minimum Gasteiger partial charge on any atom is -0.465 e. The molecule has 0 atom stereocenters. The Morgan fingerprint density at radius 3 is 2.62 bits per heavy atom. The van der Waals surface area contributed by atoms with Crippen molar-refractivity contribution in [2.45, 2.75) is 6.92 Å². The van der Waals surface area contributed by atoms with Crippen molar-refractivity contribution >= 4 is 17.1 Å². The number of rotatable bonds is 2. The summed E-state index contributed by atoms with van der Waals surface area (Å²) in [5.41, 5.74) is 2.40. The second-order valence-corrected chi connectivity index (χ2v) is 4.68. The van der Waals surface area contributed by atoms with Crippen LogP contribution in [0.1, 0.15) is 15.9 Å². The van der Waals surface area contributed by atoms with Gasteiger partial charge in [-0.2, -0.15) is 0 Å². The first-order valence-electron chi connectivity index (χ1n) is 6.34. The van der Waals surface area contributed by atoms with E-state index in [0.29, 0.717) is 5.89 Å². The summed E-state index contributed by atoms with van der Waals surface area (Å²) in [7, 11) is 1.23. The van der Waals surface area contributed by atoms with E-state index in [9.17, 15) is 9.18 Å². The van der Waals surface area contributed by atoms with Gasteiger partial charge in [0.1, 0.15) is 16.9 Å². The summed E-state index contributed by atoms with van der Waals surface area (Å²) < 4.78 is 23.8. The van der Waals surface area contributed by atoms with Crippen LogP contribution in [0.3, 0.4) is 0 Å². The number of carbonyl (C=O) groups excluding carboxylic acids is 1. The standard InChI is InChI=1S/C16H12FNO3/c1-9-3-5-10(6-4-9)15-18-13-8-11(17)7-12(14(13)21-15)16(19)20-2/h3-8H,1-2H3. The summed E-state index contributed by atoms with van der Waals surface area (Å²) in [6.07, 6.45) is 0. The molecule has 0 radical (unpaired) electrons. The number of fused-ring (bicyclic) bond motifs is 1. The molecule has 106 valence electrons. The van der Waals surface area contributed by atoms with Crippen molar-refractivity contribution < 1.29 is 18.3 Å². The molecule has 0 saturated heterocycles. The number of oxazole rings is 1. The number of carbonyl (C=O) groups is 1. The molecule has 0 fully saturated rings. The van der Waals surface area contributed by atoms with Gasteiger partial charge >= 0.3 is 5.97 Å². The van der Waals surface area contributed by atoms with Crippen LogP contribution in [0.4, 0.5) is 4.39 Å². The van der Waals surface area contributed by atoms with E-state index in [-0.39, 0.29) is 16.7 Å². The van der Waals surface area contributed by atoms with Crippen molar-refractivity contribution in [1.29, 1.82) is 0 Å². The van der Waals surface area contributed by atoms with Crippen molar-refractivity contribution in [3.05, 3.63) is 53.3 Å². The molecule has 1 heterocycles. The molecule has 0 aliphatic carbocycles. The average molecular weight is 285 g/mol. The highest BCUT2D eigenvalue weighted by molar-refractivity contribution is 6.01. The Hall–Kier alpha value is -2.69. The van der Waals surface area contributed by atoms with Crippen LogP contribution in [-0.4, -0.2) is 18.1 Å². The van der Waals surface area contributed by atoms with Crippen LogP contribution in [0.25, 0.3) is 22.6 Å². The number of aromatic nitrogens is 1. The maximum absolute atomic E-state index is 13.6. The maximum atomic E-state index is 13.6. The number of ether oxygens (including phenoxy) is 1. The molecular formula is C16H12FNO3. The highest BCUT2D eigenvalue weighted by Crippen LogP contribution is 2.28. The molecular weight excluding hydrogens is 273 g/mol. The predicted octanol–water partition coefficient (Wildman–Crippen LogP) is 3.73. The smallest absolute Gasteiger partial charge is 0.341 e. The van der Waals surface area contributed by atoms with Crippen LogP contribution in [0.15, 0.2) is 40.8 Å². The van der Waals surface area contributed by atoms with E-state index in [1.54, 1.807) is 0 Å². The minimum atomic E-state index is -0.661. The minimum absolute atomic E-state index is 0.0263. The number of nitrogens with zero attached hydrogens (tertiary/aromatic N) is 1. The number of esters is 1. The lowest BCUT2D eigenvalue weighted by molar-refractivity contribution is 0.0601. The molecule has 0 unspecified atom stereocenters. The molecule has 0 bridgehead atoms. The lowest BCUT2D eigenvalue weighted by Gasteiger charge is -1.99.